The van der Waals surface area contributed by atoms with Crippen LogP contribution in [0.5, 0.6) is 0 Å². The molecule has 3 amide bonds. The monoisotopic (exact) mass is 647 g/mol. The standard InChI is InChI=1S/C33H27Cl2N3O5S/c1-19-11-12-22(33(42)43)17-28(19)37-30(39)20(2)44-24-15-13-23(14-16-24)36-32(41)29(18-25-26(34)9-6-10-27(25)35)38-31(40)21-7-4-3-5-8-21/h3-18,20H,1-2H3,(H,36,41)(H,37,39)(H,38,40)(H,42,43)/b29-18-. The predicted octanol–water partition coefficient (Wildman–Crippen LogP) is 7.53. The van der Waals surface area contributed by atoms with E-state index >= 15 is 0 Å². The molecule has 0 heterocycles. The van der Waals surface area contributed by atoms with Gasteiger partial charge in [0.15, 0.2) is 0 Å². The normalized spacial score (nSPS) is 11.8. The first-order chi connectivity index (χ1) is 21.0. The zero-order chi connectivity index (χ0) is 31.8. The summed E-state index contributed by atoms with van der Waals surface area (Å²) in [6, 6.07) is 24.8. The molecular formula is C33H27Cl2N3O5S. The lowest BCUT2D eigenvalue weighted by molar-refractivity contribution is -0.115. The van der Waals surface area contributed by atoms with Gasteiger partial charge in [0.25, 0.3) is 11.8 Å². The number of hydrogen-bond donors (Lipinski definition) is 4. The fraction of sp³-hybridized carbons (Fsp3) is 0.0909. The predicted molar refractivity (Wildman–Crippen MR) is 176 cm³/mol. The maximum absolute atomic E-state index is 13.4. The maximum Gasteiger partial charge on any atom is 0.335 e. The van der Waals surface area contributed by atoms with Crippen molar-refractivity contribution in [2.45, 2.75) is 24.0 Å². The lowest BCUT2D eigenvalue weighted by Crippen LogP contribution is -2.30. The molecule has 4 aromatic rings. The summed E-state index contributed by atoms with van der Waals surface area (Å²) < 4.78 is 0. The molecule has 0 radical (unpaired) electrons. The highest BCUT2D eigenvalue weighted by atomic mass is 35.5. The minimum absolute atomic E-state index is 0.0696. The first-order valence-corrected chi connectivity index (χ1v) is 14.9. The molecule has 0 spiro atoms. The third kappa shape index (κ3) is 8.50. The van der Waals surface area contributed by atoms with Crippen LogP contribution in [0.15, 0.2) is 102 Å². The average Bonchev–Trinajstić information content (AvgIpc) is 3.00. The van der Waals surface area contributed by atoms with Crippen LogP contribution in [0.1, 0.15) is 38.8 Å². The topological polar surface area (TPSA) is 125 Å². The van der Waals surface area contributed by atoms with Gasteiger partial charge in [0.2, 0.25) is 5.91 Å². The molecule has 1 atom stereocenters. The molecule has 4 rings (SSSR count). The Hall–Kier alpha value is -4.57. The van der Waals surface area contributed by atoms with E-state index in [1.54, 1.807) is 92.7 Å². The molecule has 0 bridgehead atoms. The lowest BCUT2D eigenvalue weighted by atomic mass is 10.1. The minimum Gasteiger partial charge on any atom is -0.478 e. The molecule has 1 unspecified atom stereocenters. The number of carbonyl (C=O) groups is 4. The molecule has 4 N–H and O–H groups in total. The van der Waals surface area contributed by atoms with Crippen molar-refractivity contribution in [1.82, 2.24) is 5.32 Å². The number of amides is 3. The van der Waals surface area contributed by atoms with Crippen LogP contribution in [0.2, 0.25) is 10.0 Å². The van der Waals surface area contributed by atoms with Gasteiger partial charge in [-0.2, -0.15) is 0 Å². The van der Waals surface area contributed by atoms with Gasteiger partial charge in [-0.1, -0.05) is 53.5 Å². The molecule has 0 fully saturated rings. The van der Waals surface area contributed by atoms with Crippen molar-refractivity contribution in [3.05, 3.63) is 129 Å². The summed E-state index contributed by atoms with van der Waals surface area (Å²) in [5, 5.41) is 17.6. The minimum atomic E-state index is -1.08. The van der Waals surface area contributed by atoms with E-state index in [-0.39, 0.29) is 17.2 Å². The molecule has 0 aromatic heterocycles. The summed E-state index contributed by atoms with van der Waals surface area (Å²) >= 11 is 13.9. The quantitative estimate of drug-likeness (QED) is 0.104. The average molecular weight is 649 g/mol. The molecule has 0 aliphatic rings. The van der Waals surface area contributed by atoms with Crippen molar-refractivity contribution in [3.8, 4) is 0 Å². The van der Waals surface area contributed by atoms with E-state index in [0.717, 1.165) is 10.5 Å². The zero-order valence-corrected chi connectivity index (χ0v) is 25.9. The number of benzene rings is 4. The summed E-state index contributed by atoms with van der Waals surface area (Å²) in [5.41, 5.74) is 2.37. The van der Waals surface area contributed by atoms with Crippen molar-refractivity contribution in [2.75, 3.05) is 10.6 Å². The number of rotatable bonds is 10. The third-order valence-electron chi connectivity index (χ3n) is 6.35. The van der Waals surface area contributed by atoms with Crippen LogP contribution in [-0.4, -0.2) is 34.0 Å². The van der Waals surface area contributed by atoms with E-state index in [2.05, 4.69) is 16.0 Å². The highest BCUT2D eigenvalue weighted by molar-refractivity contribution is 8.00. The van der Waals surface area contributed by atoms with E-state index < -0.39 is 23.0 Å². The van der Waals surface area contributed by atoms with Crippen molar-refractivity contribution >= 4 is 76.1 Å². The van der Waals surface area contributed by atoms with Crippen LogP contribution in [0.3, 0.4) is 0 Å². The van der Waals surface area contributed by atoms with Crippen molar-refractivity contribution in [2.24, 2.45) is 0 Å². The molecule has 0 saturated carbocycles. The highest BCUT2D eigenvalue weighted by Gasteiger charge is 2.19. The van der Waals surface area contributed by atoms with Gasteiger partial charge in [-0.15, -0.1) is 11.8 Å². The van der Waals surface area contributed by atoms with Gasteiger partial charge in [-0.25, -0.2) is 4.79 Å². The number of nitrogens with one attached hydrogen (secondary N) is 3. The summed E-state index contributed by atoms with van der Waals surface area (Å²) in [7, 11) is 0. The number of aromatic carboxylic acids is 1. The van der Waals surface area contributed by atoms with Crippen LogP contribution < -0.4 is 16.0 Å². The Bertz CT molecular complexity index is 1720. The van der Waals surface area contributed by atoms with E-state index in [9.17, 15) is 24.3 Å². The highest BCUT2D eigenvalue weighted by Crippen LogP contribution is 2.28. The Morgan fingerprint density at radius 3 is 2.11 bits per heavy atom. The Balaban J connectivity index is 1.46. The Kier molecular flexibility index (Phi) is 10.8. The molecule has 4 aromatic carbocycles. The number of carbonyl (C=O) groups excluding carboxylic acids is 3. The second-order valence-electron chi connectivity index (χ2n) is 9.58. The fourth-order valence-corrected chi connectivity index (χ4v) is 5.31. The molecule has 224 valence electrons. The summed E-state index contributed by atoms with van der Waals surface area (Å²) in [5.74, 6) is -2.46. The van der Waals surface area contributed by atoms with Crippen LogP contribution in [0.25, 0.3) is 6.08 Å². The Morgan fingerprint density at radius 2 is 1.48 bits per heavy atom. The number of aryl methyl sites for hydroxylation is 1. The van der Waals surface area contributed by atoms with E-state index in [1.807, 2.05) is 0 Å². The molecular weight excluding hydrogens is 621 g/mol. The molecule has 11 heteroatoms. The molecule has 0 saturated heterocycles. The van der Waals surface area contributed by atoms with Crippen molar-refractivity contribution < 1.29 is 24.3 Å². The van der Waals surface area contributed by atoms with Gasteiger partial charge in [-0.05, 0) is 86.2 Å². The van der Waals surface area contributed by atoms with Crippen molar-refractivity contribution in [1.29, 1.82) is 0 Å². The van der Waals surface area contributed by atoms with E-state index in [1.165, 1.54) is 30.0 Å². The van der Waals surface area contributed by atoms with Gasteiger partial charge in [0.05, 0.1) is 10.8 Å². The van der Waals surface area contributed by atoms with E-state index in [0.29, 0.717) is 32.5 Å². The maximum atomic E-state index is 13.4. The Labute approximate surface area is 268 Å². The molecule has 44 heavy (non-hydrogen) atoms. The number of carboxylic acids is 1. The first-order valence-electron chi connectivity index (χ1n) is 13.3. The van der Waals surface area contributed by atoms with E-state index in [4.69, 9.17) is 23.2 Å². The second kappa shape index (κ2) is 14.7. The van der Waals surface area contributed by atoms with Gasteiger partial charge in [0.1, 0.15) is 5.70 Å². The molecule has 0 aliphatic heterocycles. The largest absolute Gasteiger partial charge is 0.478 e. The number of hydrogen-bond acceptors (Lipinski definition) is 5. The van der Waals surface area contributed by atoms with Crippen LogP contribution in [0.4, 0.5) is 11.4 Å². The van der Waals surface area contributed by atoms with Gasteiger partial charge in [0, 0.05) is 37.4 Å². The number of thioether (sulfide) groups is 1. The zero-order valence-electron chi connectivity index (χ0n) is 23.6. The van der Waals surface area contributed by atoms with Crippen LogP contribution >= 0.6 is 35.0 Å². The van der Waals surface area contributed by atoms with Gasteiger partial charge in [-0.3, -0.25) is 14.4 Å². The van der Waals surface area contributed by atoms with Crippen molar-refractivity contribution in [3.63, 3.8) is 0 Å². The van der Waals surface area contributed by atoms with Crippen LogP contribution in [-0.2, 0) is 9.59 Å². The number of anilines is 2. The number of carboxylic acid groups (broad SMARTS) is 1. The summed E-state index contributed by atoms with van der Waals surface area (Å²) in [6.07, 6.45) is 1.42. The third-order valence-corrected chi connectivity index (χ3v) is 8.12. The molecule has 8 nitrogen and oxygen atoms in total. The first kappa shape index (κ1) is 32.3. The van der Waals surface area contributed by atoms with Gasteiger partial charge >= 0.3 is 5.97 Å². The lowest BCUT2D eigenvalue weighted by Gasteiger charge is -2.15. The fourth-order valence-electron chi connectivity index (χ4n) is 3.93. The van der Waals surface area contributed by atoms with Gasteiger partial charge < -0.3 is 21.1 Å². The SMILES string of the molecule is Cc1ccc(C(=O)O)cc1NC(=O)C(C)Sc1ccc(NC(=O)/C(=C/c2c(Cl)cccc2Cl)NC(=O)c2ccccc2)cc1. The molecule has 0 aliphatic carbocycles. The summed E-state index contributed by atoms with van der Waals surface area (Å²) in [6.45, 7) is 3.52. The second-order valence-corrected chi connectivity index (χ2v) is 11.8. The Morgan fingerprint density at radius 1 is 0.818 bits per heavy atom. The smallest absolute Gasteiger partial charge is 0.335 e. The summed E-state index contributed by atoms with van der Waals surface area (Å²) in [4.78, 5) is 51.1. The number of halogens is 2. The van der Waals surface area contributed by atoms with Crippen LogP contribution in [0, 0.1) is 6.92 Å².